The topological polar surface area (TPSA) is 26.3 Å². The van der Waals surface area contributed by atoms with Gasteiger partial charge in [0.1, 0.15) is 5.60 Å². The van der Waals surface area contributed by atoms with Crippen molar-refractivity contribution in [3.63, 3.8) is 0 Å². The lowest BCUT2D eigenvalue weighted by molar-refractivity contribution is -0.172. The van der Waals surface area contributed by atoms with Crippen molar-refractivity contribution >= 4 is 5.97 Å². The van der Waals surface area contributed by atoms with Gasteiger partial charge >= 0.3 is 5.97 Å². The molecule has 116 valence electrons. The van der Waals surface area contributed by atoms with E-state index in [9.17, 15) is 4.79 Å². The van der Waals surface area contributed by atoms with E-state index in [2.05, 4.69) is 61.5 Å². The molecule has 1 rings (SSSR count). The minimum atomic E-state index is -0.406. The molecule has 2 heteroatoms. The molecule has 0 spiro atoms. The predicted molar refractivity (Wildman–Crippen MR) is 84.5 cm³/mol. The van der Waals surface area contributed by atoms with Crippen LogP contribution in [0.3, 0.4) is 0 Å². The maximum Gasteiger partial charge on any atom is 0.317 e. The lowest BCUT2D eigenvalue weighted by Crippen LogP contribution is -2.42. The summed E-state index contributed by atoms with van der Waals surface area (Å²) in [6.45, 7) is 16.9. The van der Waals surface area contributed by atoms with Gasteiger partial charge in [-0.25, -0.2) is 0 Å². The van der Waals surface area contributed by atoms with Crippen LogP contribution in [-0.4, -0.2) is 11.6 Å². The summed E-state index contributed by atoms with van der Waals surface area (Å²) < 4.78 is 6.08. The van der Waals surface area contributed by atoms with E-state index in [0.717, 1.165) is 19.3 Å². The number of rotatable bonds is 6. The molecule has 0 amide bonds. The molecule has 0 radical (unpaired) electrons. The lowest BCUT2D eigenvalue weighted by atomic mass is 9.84. The number of esters is 1. The summed E-state index contributed by atoms with van der Waals surface area (Å²) in [4.78, 5) is 12.8. The molecule has 0 aromatic rings. The van der Waals surface area contributed by atoms with Crippen molar-refractivity contribution in [2.45, 2.75) is 80.3 Å². The van der Waals surface area contributed by atoms with E-state index in [1.54, 1.807) is 0 Å². The summed E-state index contributed by atoms with van der Waals surface area (Å²) in [5.74, 6) is 0.313. The molecule has 0 bridgehead atoms. The van der Waals surface area contributed by atoms with Crippen molar-refractivity contribution in [1.82, 2.24) is 0 Å². The highest BCUT2D eigenvalue weighted by molar-refractivity contribution is 5.84. The van der Waals surface area contributed by atoms with Crippen LogP contribution in [0.25, 0.3) is 0 Å². The molecule has 1 aliphatic carbocycles. The Labute approximate surface area is 125 Å². The van der Waals surface area contributed by atoms with E-state index in [1.807, 2.05) is 0 Å². The Morgan fingerprint density at radius 1 is 1.25 bits per heavy atom. The van der Waals surface area contributed by atoms with Gasteiger partial charge in [-0.05, 0) is 44.4 Å². The molecular formula is C18H32O2. The van der Waals surface area contributed by atoms with Gasteiger partial charge in [0, 0.05) is 0 Å². The van der Waals surface area contributed by atoms with Crippen LogP contribution in [0.15, 0.2) is 11.6 Å². The molecule has 1 atom stereocenters. The van der Waals surface area contributed by atoms with Crippen LogP contribution in [-0.2, 0) is 9.53 Å². The van der Waals surface area contributed by atoms with Crippen LogP contribution in [0.2, 0.25) is 0 Å². The van der Waals surface area contributed by atoms with Gasteiger partial charge in [-0.2, -0.15) is 0 Å². The van der Waals surface area contributed by atoms with Crippen molar-refractivity contribution in [3.8, 4) is 0 Å². The molecule has 2 nitrogen and oxygen atoms in total. The molecule has 0 aliphatic heterocycles. The average Bonchev–Trinajstić information content (AvgIpc) is 2.87. The third kappa shape index (κ3) is 2.80. The van der Waals surface area contributed by atoms with E-state index >= 15 is 0 Å². The smallest absolute Gasteiger partial charge is 0.317 e. The highest BCUT2D eigenvalue weighted by Gasteiger charge is 2.66. The maximum absolute atomic E-state index is 12.8. The molecule has 20 heavy (non-hydrogen) atoms. The Bertz CT molecular complexity index is 396. The number of hydrogen-bond donors (Lipinski definition) is 0. The van der Waals surface area contributed by atoms with E-state index < -0.39 is 5.41 Å². The first-order valence-electron chi connectivity index (χ1n) is 7.96. The molecule has 0 aromatic heterocycles. The molecule has 1 saturated carbocycles. The minimum absolute atomic E-state index is 0.0194. The van der Waals surface area contributed by atoms with Crippen molar-refractivity contribution in [2.75, 3.05) is 0 Å². The van der Waals surface area contributed by atoms with Gasteiger partial charge in [0.05, 0.1) is 5.41 Å². The van der Waals surface area contributed by atoms with Crippen molar-refractivity contribution in [2.24, 2.45) is 16.7 Å². The van der Waals surface area contributed by atoms with Gasteiger partial charge in [0.2, 0.25) is 0 Å². The fraction of sp³-hybridized carbons (Fsp3) is 0.833. The van der Waals surface area contributed by atoms with E-state index in [0.29, 0.717) is 5.92 Å². The van der Waals surface area contributed by atoms with Crippen molar-refractivity contribution in [3.05, 3.63) is 11.6 Å². The second-order valence-electron chi connectivity index (χ2n) is 7.57. The number of hydrogen-bond acceptors (Lipinski definition) is 2. The van der Waals surface area contributed by atoms with Crippen LogP contribution >= 0.6 is 0 Å². The zero-order chi connectivity index (χ0) is 15.8. The summed E-state index contributed by atoms with van der Waals surface area (Å²) in [5, 5.41) is 0. The lowest BCUT2D eigenvalue weighted by Gasteiger charge is -2.37. The fourth-order valence-electron chi connectivity index (χ4n) is 3.40. The second kappa shape index (κ2) is 5.54. The zero-order valence-electron chi connectivity index (χ0n) is 14.6. The predicted octanol–water partition coefficient (Wildman–Crippen LogP) is 5.13. The standard InChI is InChI=1S/C18H32O2/c1-9-18(10-2,14(5)6)20-15(19)17(11-13(3)4)12-16(17,7)8/h11,14H,9-10,12H2,1-8H3. The van der Waals surface area contributed by atoms with Crippen molar-refractivity contribution in [1.29, 1.82) is 0 Å². The van der Waals surface area contributed by atoms with Gasteiger partial charge in [0.15, 0.2) is 0 Å². The SMILES string of the molecule is CCC(CC)(OC(=O)C1(C=C(C)C)CC1(C)C)C(C)C. The van der Waals surface area contributed by atoms with E-state index in [-0.39, 0.29) is 17.0 Å². The molecule has 0 heterocycles. The van der Waals surface area contributed by atoms with Crippen LogP contribution in [0.1, 0.15) is 74.7 Å². The Morgan fingerprint density at radius 3 is 1.95 bits per heavy atom. The first kappa shape index (κ1) is 17.3. The highest BCUT2D eigenvalue weighted by Crippen LogP contribution is 2.65. The van der Waals surface area contributed by atoms with Crippen molar-refractivity contribution < 1.29 is 9.53 Å². The van der Waals surface area contributed by atoms with Gasteiger partial charge < -0.3 is 4.74 Å². The van der Waals surface area contributed by atoms with Crippen LogP contribution in [0.5, 0.6) is 0 Å². The quantitative estimate of drug-likeness (QED) is 0.498. The largest absolute Gasteiger partial charge is 0.458 e. The number of carbonyl (C=O) groups is 1. The first-order valence-corrected chi connectivity index (χ1v) is 7.96. The Hall–Kier alpha value is -0.790. The van der Waals surface area contributed by atoms with Gasteiger partial charge in [-0.1, -0.05) is 53.2 Å². The summed E-state index contributed by atoms with van der Waals surface area (Å²) in [7, 11) is 0. The number of allylic oxidation sites excluding steroid dienone is 1. The van der Waals surface area contributed by atoms with E-state index in [1.165, 1.54) is 5.57 Å². The monoisotopic (exact) mass is 280 g/mol. The molecule has 0 N–H and O–H groups in total. The average molecular weight is 280 g/mol. The second-order valence-corrected chi connectivity index (χ2v) is 7.57. The zero-order valence-corrected chi connectivity index (χ0v) is 14.6. The maximum atomic E-state index is 12.8. The highest BCUT2D eigenvalue weighted by atomic mass is 16.6. The molecule has 1 aliphatic rings. The van der Waals surface area contributed by atoms with E-state index in [4.69, 9.17) is 4.74 Å². The molecule has 0 saturated heterocycles. The normalized spacial score (nSPS) is 24.4. The Balaban J connectivity index is 3.03. The van der Waals surface area contributed by atoms with Crippen LogP contribution in [0.4, 0.5) is 0 Å². The van der Waals surface area contributed by atoms with Gasteiger partial charge in [-0.15, -0.1) is 0 Å². The van der Waals surface area contributed by atoms with Crippen LogP contribution in [0, 0.1) is 16.7 Å². The third-order valence-corrected chi connectivity index (χ3v) is 5.25. The Kier molecular flexibility index (Phi) is 4.78. The molecule has 1 unspecified atom stereocenters. The number of ether oxygens (including phenoxy) is 1. The fourth-order valence-corrected chi connectivity index (χ4v) is 3.40. The summed E-state index contributed by atoms with van der Waals surface area (Å²) in [6.07, 6.45) is 4.76. The third-order valence-electron chi connectivity index (χ3n) is 5.25. The van der Waals surface area contributed by atoms with Crippen LogP contribution < -0.4 is 0 Å². The molecule has 0 aromatic carbocycles. The van der Waals surface area contributed by atoms with Gasteiger partial charge in [0.25, 0.3) is 0 Å². The summed E-state index contributed by atoms with van der Waals surface area (Å²) in [5.41, 5.74) is 0.482. The summed E-state index contributed by atoms with van der Waals surface area (Å²) in [6, 6.07) is 0. The number of carbonyl (C=O) groups excluding carboxylic acids is 1. The molecular weight excluding hydrogens is 248 g/mol. The summed E-state index contributed by atoms with van der Waals surface area (Å²) >= 11 is 0. The van der Waals surface area contributed by atoms with Gasteiger partial charge in [-0.3, -0.25) is 4.79 Å². The Morgan fingerprint density at radius 2 is 1.70 bits per heavy atom. The first-order chi connectivity index (χ1) is 9.07. The molecule has 1 fully saturated rings. The minimum Gasteiger partial charge on any atom is -0.458 e.